The summed E-state index contributed by atoms with van der Waals surface area (Å²) in [7, 11) is 2.11. The molecule has 0 spiro atoms. The molecule has 2 N–H and O–H groups in total. The van der Waals surface area contributed by atoms with Crippen LogP contribution in [-0.2, 0) is 6.54 Å². The molecular formula is C17H23N3. The molecule has 0 saturated carbocycles. The molecule has 1 heterocycles. The molecule has 0 radical (unpaired) electrons. The lowest BCUT2D eigenvalue weighted by Crippen LogP contribution is -2.31. The van der Waals surface area contributed by atoms with E-state index in [-0.39, 0.29) is 6.04 Å². The van der Waals surface area contributed by atoms with Crippen LogP contribution in [0.3, 0.4) is 0 Å². The predicted molar refractivity (Wildman–Crippen MR) is 83.4 cm³/mol. The fourth-order valence-electron chi connectivity index (χ4n) is 2.73. The highest BCUT2D eigenvalue weighted by Crippen LogP contribution is 2.26. The maximum Gasteiger partial charge on any atom is 0.0544 e. The molecule has 20 heavy (non-hydrogen) atoms. The van der Waals surface area contributed by atoms with E-state index in [1.54, 1.807) is 0 Å². The number of aromatic nitrogens is 1. The van der Waals surface area contributed by atoms with Crippen LogP contribution in [0, 0.1) is 13.8 Å². The van der Waals surface area contributed by atoms with Crippen molar-refractivity contribution in [2.45, 2.75) is 26.4 Å². The first-order valence-electron chi connectivity index (χ1n) is 6.99. The van der Waals surface area contributed by atoms with E-state index in [0.717, 1.165) is 12.2 Å². The Bertz CT molecular complexity index is 531. The summed E-state index contributed by atoms with van der Waals surface area (Å²) in [6.07, 6.45) is 1.83. The molecule has 2 rings (SSSR count). The largest absolute Gasteiger partial charge is 0.329 e. The number of hydrogen-bond acceptors (Lipinski definition) is 3. The number of pyridine rings is 1. The van der Waals surface area contributed by atoms with Crippen LogP contribution in [0.15, 0.2) is 42.6 Å². The van der Waals surface area contributed by atoms with Gasteiger partial charge in [-0.25, -0.2) is 0 Å². The van der Waals surface area contributed by atoms with Crippen molar-refractivity contribution < 1.29 is 0 Å². The maximum absolute atomic E-state index is 6.04. The van der Waals surface area contributed by atoms with Crippen molar-refractivity contribution in [2.75, 3.05) is 13.6 Å². The molecule has 0 aliphatic rings. The average molecular weight is 269 g/mol. The molecule has 0 bridgehead atoms. The molecule has 1 unspecified atom stereocenters. The van der Waals surface area contributed by atoms with Gasteiger partial charge in [0.05, 0.1) is 5.69 Å². The van der Waals surface area contributed by atoms with E-state index in [1.807, 2.05) is 18.3 Å². The topological polar surface area (TPSA) is 42.1 Å². The Morgan fingerprint density at radius 3 is 2.35 bits per heavy atom. The molecule has 0 fully saturated rings. The lowest BCUT2D eigenvalue weighted by atomic mass is 9.95. The van der Waals surface area contributed by atoms with Gasteiger partial charge in [0.25, 0.3) is 0 Å². The van der Waals surface area contributed by atoms with Gasteiger partial charge in [-0.2, -0.15) is 0 Å². The van der Waals surface area contributed by atoms with Crippen molar-refractivity contribution in [3.63, 3.8) is 0 Å². The fraction of sp³-hybridized carbons (Fsp3) is 0.353. The van der Waals surface area contributed by atoms with Crippen LogP contribution >= 0.6 is 0 Å². The molecule has 2 aromatic rings. The average Bonchev–Trinajstić information content (AvgIpc) is 2.44. The van der Waals surface area contributed by atoms with E-state index in [1.165, 1.54) is 16.7 Å². The van der Waals surface area contributed by atoms with Gasteiger partial charge in [-0.1, -0.05) is 24.3 Å². The van der Waals surface area contributed by atoms with Crippen molar-refractivity contribution in [1.82, 2.24) is 9.88 Å². The van der Waals surface area contributed by atoms with Gasteiger partial charge < -0.3 is 5.73 Å². The number of nitrogens with two attached hydrogens (primary N) is 1. The fourth-order valence-corrected chi connectivity index (χ4v) is 2.73. The third kappa shape index (κ3) is 3.24. The zero-order valence-corrected chi connectivity index (χ0v) is 12.5. The van der Waals surface area contributed by atoms with E-state index in [2.05, 4.69) is 55.0 Å². The van der Waals surface area contributed by atoms with Crippen LogP contribution < -0.4 is 5.73 Å². The number of rotatable bonds is 5. The maximum atomic E-state index is 6.04. The summed E-state index contributed by atoms with van der Waals surface area (Å²) in [6.45, 7) is 5.71. The Kier molecular flexibility index (Phi) is 4.88. The van der Waals surface area contributed by atoms with Gasteiger partial charge in [0.15, 0.2) is 0 Å². The predicted octanol–water partition coefficient (Wildman–Crippen LogP) is 2.83. The van der Waals surface area contributed by atoms with Crippen LogP contribution in [-0.4, -0.2) is 23.5 Å². The molecule has 0 saturated heterocycles. The second-order valence-corrected chi connectivity index (χ2v) is 5.29. The normalized spacial score (nSPS) is 12.7. The van der Waals surface area contributed by atoms with E-state index in [4.69, 9.17) is 5.73 Å². The number of benzene rings is 1. The quantitative estimate of drug-likeness (QED) is 0.907. The smallest absolute Gasteiger partial charge is 0.0544 e. The summed E-state index contributed by atoms with van der Waals surface area (Å²) in [4.78, 5) is 6.67. The molecule has 0 aliphatic heterocycles. The highest BCUT2D eigenvalue weighted by atomic mass is 15.1. The van der Waals surface area contributed by atoms with E-state index >= 15 is 0 Å². The Hall–Kier alpha value is -1.71. The van der Waals surface area contributed by atoms with Crippen molar-refractivity contribution in [2.24, 2.45) is 5.73 Å². The zero-order chi connectivity index (χ0) is 14.5. The van der Waals surface area contributed by atoms with E-state index in [9.17, 15) is 0 Å². The van der Waals surface area contributed by atoms with Crippen LogP contribution in [0.25, 0.3) is 0 Å². The highest BCUT2D eigenvalue weighted by Gasteiger charge is 2.19. The summed E-state index contributed by atoms with van der Waals surface area (Å²) in [5, 5.41) is 0. The number of aryl methyl sites for hydroxylation is 2. The van der Waals surface area contributed by atoms with Gasteiger partial charge in [0.2, 0.25) is 0 Å². The molecule has 0 aliphatic carbocycles. The van der Waals surface area contributed by atoms with Crippen LogP contribution in [0.5, 0.6) is 0 Å². The Morgan fingerprint density at radius 1 is 1.10 bits per heavy atom. The van der Waals surface area contributed by atoms with Crippen molar-refractivity contribution in [3.8, 4) is 0 Å². The molecule has 1 aromatic heterocycles. The SMILES string of the molecule is Cc1cccc(C)c1C(CN)N(C)Cc1ccccn1. The highest BCUT2D eigenvalue weighted by molar-refractivity contribution is 5.36. The number of likely N-dealkylation sites (N-methyl/N-ethyl adjacent to an activating group) is 1. The second kappa shape index (κ2) is 6.64. The number of hydrogen-bond donors (Lipinski definition) is 1. The molecule has 3 heteroatoms. The first-order valence-corrected chi connectivity index (χ1v) is 6.99. The minimum absolute atomic E-state index is 0.221. The summed E-state index contributed by atoms with van der Waals surface area (Å²) in [6, 6.07) is 12.6. The molecule has 1 aromatic carbocycles. The lowest BCUT2D eigenvalue weighted by molar-refractivity contribution is 0.237. The number of nitrogens with zero attached hydrogens (tertiary/aromatic N) is 2. The summed E-state index contributed by atoms with van der Waals surface area (Å²) in [5.41, 5.74) is 11.0. The van der Waals surface area contributed by atoms with Crippen LogP contribution in [0.1, 0.15) is 28.4 Å². The Labute approximate surface area is 121 Å². The molecule has 106 valence electrons. The summed E-state index contributed by atoms with van der Waals surface area (Å²) < 4.78 is 0. The summed E-state index contributed by atoms with van der Waals surface area (Å²) in [5.74, 6) is 0. The zero-order valence-electron chi connectivity index (χ0n) is 12.5. The van der Waals surface area contributed by atoms with Gasteiger partial charge in [0.1, 0.15) is 0 Å². The third-order valence-corrected chi connectivity index (χ3v) is 3.77. The molecule has 3 nitrogen and oxygen atoms in total. The molecule has 0 amide bonds. The van der Waals surface area contributed by atoms with Crippen LogP contribution in [0.4, 0.5) is 0 Å². The van der Waals surface area contributed by atoms with Gasteiger partial charge in [-0.15, -0.1) is 0 Å². The van der Waals surface area contributed by atoms with Crippen molar-refractivity contribution in [1.29, 1.82) is 0 Å². The van der Waals surface area contributed by atoms with Gasteiger partial charge >= 0.3 is 0 Å². The van der Waals surface area contributed by atoms with E-state index in [0.29, 0.717) is 6.54 Å². The molecular weight excluding hydrogens is 246 g/mol. The Morgan fingerprint density at radius 2 is 1.80 bits per heavy atom. The first-order chi connectivity index (χ1) is 9.63. The van der Waals surface area contributed by atoms with Gasteiger partial charge in [-0.05, 0) is 49.7 Å². The van der Waals surface area contributed by atoms with Gasteiger partial charge in [-0.3, -0.25) is 9.88 Å². The lowest BCUT2D eigenvalue weighted by Gasteiger charge is -2.29. The van der Waals surface area contributed by atoms with Crippen LogP contribution in [0.2, 0.25) is 0 Å². The third-order valence-electron chi connectivity index (χ3n) is 3.77. The monoisotopic (exact) mass is 269 g/mol. The minimum Gasteiger partial charge on any atom is -0.329 e. The van der Waals surface area contributed by atoms with Crippen molar-refractivity contribution >= 4 is 0 Å². The summed E-state index contributed by atoms with van der Waals surface area (Å²) >= 11 is 0. The van der Waals surface area contributed by atoms with E-state index < -0.39 is 0 Å². The van der Waals surface area contributed by atoms with Gasteiger partial charge in [0, 0.05) is 25.3 Å². The Balaban J connectivity index is 2.24. The first kappa shape index (κ1) is 14.7. The van der Waals surface area contributed by atoms with Crippen molar-refractivity contribution in [3.05, 3.63) is 65.0 Å². The standard InChI is InChI=1S/C17H23N3/c1-13-7-6-8-14(2)17(13)16(11-18)20(3)12-15-9-4-5-10-19-15/h4-10,16H,11-12,18H2,1-3H3. The molecule has 1 atom stereocenters. The second-order valence-electron chi connectivity index (χ2n) is 5.29. The minimum atomic E-state index is 0.221.